The topological polar surface area (TPSA) is 130 Å². The van der Waals surface area contributed by atoms with Gasteiger partial charge in [0.15, 0.2) is 0 Å². The van der Waals surface area contributed by atoms with Crippen LogP contribution in [0.4, 0.5) is 11.5 Å². The van der Waals surface area contributed by atoms with E-state index in [2.05, 4.69) is 25.4 Å². The molecule has 4 heterocycles. The summed E-state index contributed by atoms with van der Waals surface area (Å²) in [7, 11) is 1.63. The van der Waals surface area contributed by atoms with Gasteiger partial charge in [0.25, 0.3) is 5.91 Å². The Balaban J connectivity index is 1.54. The van der Waals surface area contributed by atoms with E-state index in [4.69, 9.17) is 15.2 Å². The van der Waals surface area contributed by atoms with E-state index < -0.39 is 0 Å². The number of carbonyl (C=O) groups excluding carboxylic acids is 1. The number of nitrogens with two attached hydrogens (primary N) is 1. The first-order chi connectivity index (χ1) is 16.6. The quantitative estimate of drug-likeness (QED) is 0.346. The van der Waals surface area contributed by atoms with Crippen LogP contribution in [0.3, 0.4) is 0 Å². The highest BCUT2D eigenvalue weighted by Gasteiger charge is 2.17. The highest BCUT2D eigenvalue weighted by molar-refractivity contribution is 6.04. The van der Waals surface area contributed by atoms with Crippen molar-refractivity contribution in [2.45, 2.75) is 6.54 Å². The second-order valence-corrected chi connectivity index (χ2v) is 7.31. The SMILES string of the molecule is COCCOCCn1cc(NC(=O)c2cccc(-c3ccc(N)nc3)n2)c(-c2ccccn2)n1. The van der Waals surface area contributed by atoms with Crippen molar-refractivity contribution in [2.75, 3.05) is 38.0 Å². The number of nitrogens with zero attached hydrogens (tertiary/aromatic N) is 5. The summed E-state index contributed by atoms with van der Waals surface area (Å²) in [6.45, 7) is 1.99. The standard InChI is InChI=1S/C24H25N7O3/c1-33-13-14-34-12-11-31-16-21(23(30-31)19-5-2-3-10-26-19)29-24(32)20-7-4-6-18(28-20)17-8-9-22(25)27-15-17/h2-10,15-16H,11-14H2,1H3,(H2,25,27)(H,29,32). The van der Waals surface area contributed by atoms with E-state index in [9.17, 15) is 4.79 Å². The number of methoxy groups -OCH3 is 1. The summed E-state index contributed by atoms with van der Waals surface area (Å²) in [6, 6.07) is 14.3. The molecular formula is C24H25N7O3. The van der Waals surface area contributed by atoms with Crippen LogP contribution in [0.15, 0.2) is 67.1 Å². The van der Waals surface area contributed by atoms with E-state index in [0.717, 1.165) is 5.56 Å². The number of anilines is 2. The zero-order valence-corrected chi connectivity index (χ0v) is 18.7. The Morgan fingerprint density at radius 2 is 1.91 bits per heavy atom. The summed E-state index contributed by atoms with van der Waals surface area (Å²) >= 11 is 0. The Morgan fingerprint density at radius 3 is 2.68 bits per heavy atom. The Bertz CT molecular complexity index is 1230. The van der Waals surface area contributed by atoms with E-state index in [1.807, 2.05) is 30.3 Å². The number of amides is 1. The molecule has 0 aliphatic heterocycles. The third-order valence-electron chi connectivity index (χ3n) is 4.88. The Hall–Kier alpha value is -4.15. The van der Waals surface area contributed by atoms with Gasteiger partial charge in [-0.1, -0.05) is 12.1 Å². The molecule has 0 bridgehead atoms. The lowest BCUT2D eigenvalue weighted by Crippen LogP contribution is -2.14. The minimum Gasteiger partial charge on any atom is -0.384 e. The summed E-state index contributed by atoms with van der Waals surface area (Å²) in [6.07, 6.45) is 5.06. The number of nitrogens with one attached hydrogen (secondary N) is 1. The predicted octanol–water partition coefficient (Wildman–Crippen LogP) is 2.90. The number of ether oxygens (including phenoxy) is 2. The number of pyridine rings is 3. The zero-order valence-electron chi connectivity index (χ0n) is 18.7. The van der Waals surface area contributed by atoms with Crippen LogP contribution >= 0.6 is 0 Å². The lowest BCUT2D eigenvalue weighted by Gasteiger charge is -2.07. The van der Waals surface area contributed by atoms with Crippen molar-refractivity contribution < 1.29 is 14.3 Å². The number of hydrogen-bond donors (Lipinski definition) is 2. The van der Waals surface area contributed by atoms with Crippen LogP contribution in [0.2, 0.25) is 0 Å². The van der Waals surface area contributed by atoms with E-state index in [1.165, 1.54) is 0 Å². The van der Waals surface area contributed by atoms with Gasteiger partial charge in [-0.25, -0.2) is 9.97 Å². The Morgan fingerprint density at radius 1 is 1.03 bits per heavy atom. The van der Waals surface area contributed by atoms with Gasteiger partial charge < -0.3 is 20.5 Å². The molecule has 0 spiro atoms. The Kier molecular flexibility index (Phi) is 7.53. The normalized spacial score (nSPS) is 10.9. The molecule has 4 aromatic heterocycles. The van der Waals surface area contributed by atoms with Gasteiger partial charge in [0, 0.05) is 31.3 Å². The summed E-state index contributed by atoms with van der Waals surface area (Å²) in [5, 5.41) is 7.53. The molecule has 0 saturated carbocycles. The lowest BCUT2D eigenvalue weighted by atomic mass is 10.1. The van der Waals surface area contributed by atoms with Crippen molar-refractivity contribution in [1.29, 1.82) is 0 Å². The second kappa shape index (κ2) is 11.1. The van der Waals surface area contributed by atoms with Gasteiger partial charge in [0.1, 0.15) is 17.2 Å². The molecule has 174 valence electrons. The number of carbonyl (C=O) groups is 1. The van der Waals surface area contributed by atoms with Gasteiger partial charge in [0.05, 0.1) is 43.4 Å². The average Bonchev–Trinajstić information content (AvgIpc) is 3.27. The molecule has 0 aliphatic rings. The lowest BCUT2D eigenvalue weighted by molar-refractivity contribution is 0.0654. The molecular weight excluding hydrogens is 434 g/mol. The fourth-order valence-electron chi connectivity index (χ4n) is 3.19. The highest BCUT2D eigenvalue weighted by atomic mass is 16.5. The fourth-order valence-corrected chi connectivity index (χ4v) is 3.19. The van der Waals surface area contributed by atoms with Crippen LogP contribution in [0.25, 0.3) is 22.6 Å². The molecule has 0 radical (unpaired) electrons. The maximum absolute atomic E-state index is 13.1. The average molecular weight is 460 g/mol. The van der Waals surface area contributed by atoms with Gasteiger partial charge in [-0.05, 0) is 36.4 Å². The van der Waals surface area contributed by atoms with Gasteiger partial charge in [-0.2, -0.15) is 5.10 Å². The summed E-state index contributed by atoms with van der Waals surface area (Å²) < 4.78 is 12.2. The molecule has 0 fully saturated rings. The van der Waals surface area contributed by atoms with E-state index in [0.29, 0.717) is 55.0 Å². The molecule has 0 unspecified atom stereocenters. The summed E-state index contributed by atoms with van der Waals surface area (Å²) in [5.74, 6) is 0.0548. The van der Waals surface area contributed by atoms with Gasteiger partial charge in [-0.15, -0.1) is 0 Å². The van der Waals surface area contributed by atoms with Crippen molar-refractivity contribution in [3.05, 3.63) is 72.8 Å². The number of hydrogen-bond acceptors (Lipinski definition) is 8. The molecule has 4 aromatic rings. The second-order valence-electron chi connectivity index (χ2n) is 7.31. The monoisotopic (exact) mass is 459 g/mol. The third kappa shape index (κ3) is 5.80. The van der Waals surface area contributed by atoms with Gasteiger partial charge >= 0.3 is 0 Å². The van der Waals surface area contributed by atoms with Crippen LogP contribution in [-0.4, -0.2) is 57.6 Å². The van der Waals surface area contributed by atoms with E-state index in [1.54, 1.807) is 48.6 Å². The largest absolute Gasteiger partial charge is 0.384 e. The summed E-state index contributed by atoms with van der Waals surface area (Å²) in [5.41, 5.74) is 9.04. The van der Waals surface area contributed by atoms with Crippen LogP contribution in [-0.2, 0) is 16.0 Å². The van der Waals surface area contributed by atoms with Crippen LogP contribution in [0, 0.1) is 0 Å². The first-order valence-corrected chi connectivity index (χ1v) is 10.7. The van der Waals surface area contributed by atoms with Crippen LogP contribution < -0.4 is 11.1 Å². The maximum atomic E-state index is 13.1. The molecule has 10 nitrogen and oxygen atoms in total. The van der Waals surface area contributed by atoms with Crippen molar-refractivity contribution in [3.63, 3.8) is 0 Å². The minimum absolute atomic E-state index is 0.261. The number of aromatic nitrogens is 5. The molecule has 1 amide bonds. The zero-order chi connectivity index (χ0) is 23.8. The van der Waals surface area contributed by atoms with Crippen molar-refractivity contribution >= 4 is 17.4 Å². The minimum atomic E-state index is -0.363. The molecule has 10 heteroatoms. The predicted molar refractivity (Wildman–Crippen MR) is 128 cm³/mol. The van der Waals surface area contributed by atoms with Gasteiger partial charge in [0.2, 0.25) is 0 Å². The first-order valence-electron chi connectivity index (χ1n) is 10.7. The smallest absolute Gasteiger partial charge is 0.274 e. The number of rotatable bonds is 10. The molecule has 0 aliphatic carbocycles. The van der Waals surface area contributed by atoms with Crippen LogP contribution in [0.5, 0.6) is 0 Å². The molecule has 0 aromatic carbocycles. The number of nitrogen functional groups attached to an aromatic ring is 1. The molecule has 0 saturated heterocycles. The van der Waals surface area contributed by atoms with E-state index >= 15 is 0 Å². The summed E-state index contributed by atoms with van der Waals surface area (Å²) in [4.78, 5) is 26.0. The molecule has 34 heavy (non-hydrogen) atoms. The van der Waals surface area contributed by atoms with Gasteiger partial charge in [-0.3, -0.25) is 14.5 Å². The fraction of sp³-hybridized carbons (Fsp3) is 0.208. The van der Waals surface area contributed by atoms with Crippen molar-refractivity contribution in [1.82, 2.24) is 24.7 Å². The van der Waals surface area contributed by atoms with Crippen molar-refractivity contribution in [2.24, 2.45) is 0 Å². The molecule has 4 rings (SSSR count). The van der Waals surface area contributed by atoms with Crippen LogP contribution in [0.1, 0.15) is 10.5 Å². The van der Waals surface area contributed by atoms with Crippen molar-refractivity contribution in [3.8, 4) is 22.6 Å². The maximum Gasteiger partial charge on any atom is 0.274 e. The van der Waals surface area contributed by atoms with E-state index in [-0.39, 0.29) is 11.6 Å². The molecule has 3 N–H and O–H groups in total. The molecule has 0 atom stereocenters. The highest BCUT2D eigenvalue weighted by Crippen LogP contribution is 2.25. The first kappa shape index (κ1) is 23.0. The third-order valence-corrected chi connectivity index (χ3v) is 4.88. The Labute approximate surface area is 196 Å².